The number of hydrogen-bond donors (Lipinski definition) is 1. The number of ether oxygens (including phenoxy) is 1. The van der Waals surface area contributed by atoms with Crippen molar-refractivity contribution in [2.24, 2.45) is 0 Å². The smallest absolute Gasteiger partial charge is 0.288 e. The van der Waals surface area contributed by atoms with Crippen molar-refractivity contribution in [1.82, 2.24) is 15.3 Å². The molecule has 0 aliphatic heterocycles. The van der Waals surface area contributed by atoms with E-state index in [4.69, 9.17) is 4.74 Å². The number of nitrogens with zero attached hydrogens (tertiary/aromatic N) is 3. The Kier molecular flexibility index (Phi) is 5.41. The van der Waals surface area contributed by atoms with E-state index in [0.717, 1.165) is 11.8 Å². The first-order valence-corrected chi connectivity index (χ1v) is 7.37. The van der Waals surface area contributed by atoms with Gasteiger partial charge in [-0.2, -0.15) is 0 Å². The van der Waals surface area contributed by atoms with Gasteiger partial charge in [0.25, 0.3) is 11.6 Å². The first-order chi connectivity index (χ1) is 11.4. The minimum Gasteiger partial charge on any atom is -0.475 e. The summed E-state index contributed by atoms with van der Waals surface area (Å²) >= 11 is 0. The van der Waals surface area contributed by atoms with E-state index < -0.39 is 10.8 Å². The number of carbonyl (C=O) groups is 1. The standard InChI is InChI=1S/C16H18N4O4/c1-10(2)24-15-5-4-12(7-18-15)8-19-16(21)14-6-13(20(22)23)9-17-11(14)3/h4-7,9-10H,8H2,1-3H3,(H,19,21). The summed E-state index contributed by atoms with van der Waals surface area (Å²) in [5.41, 5.74) is 1.17. The molecule has 8 nitrogen and oxygen atoms in total. The van der Waals surface area contributed by atoms with Crippen LogP contribution in [0.5, 0.6) is 5.88 Å². The first-order valence-electron chi connectivity index (χ1n) is 7.37. The lowest BCUT2D eigenvalue weighted by Gasteiger charge is -2.10. The average molecular weight is 330 g/mol. The van der Waals surface area contributed by atoms with Crippen LogP contribution in [-0.4, -0.2) is 26.9 Å². The highest BCUT2D eigenvalue weighted by molar-refractivity contribution is 5.95. The van der Waals surface area contributed by atoms with Gasteiger partial charge in [0.2, 0.25) is 5.88 Å². The van der Waals surface area contributed by atoms with E-state index in [2.05, 4.69) is 15.3 Å². The number of aromatic nitrogens is 2. The van der Waals surface area contributed by atoms with Gasteiger partial charge >= 0.3 is 0 Å². The first kappa shape index (κ1) is 17.3. The molecule has 2 aromatic heterocycles. The van der Waals surface area contributed by atoms with Gasteiger partial charge in [-0.1, -0.05) is 6.07 Å². The van der Waals surface area contributed by atoms with E-state index in [1.54, 1.807) is 25.3 Å². The summed E-state index contributed by atoms with van der Waals surface area (Å²) in [6.45, 7) is 5.69. The number of carbonyl (C=O) groups excluding carboxylic acids is 1. The van der Waals surface area contributed by atoms with Crippen LogP contribution in [0, 0.1) is 17.0 Å². The Morgan fingerprint density at radius 2 is 2.08 bits per heavy atom. The Morgan fingerprint density at radius 3 is 2.67 bits per heavy atom. The van der Waals surface area contributed by atoms with Crippen molar-refractivity contribution in [2.45, 2.75) is 33.4 Å². The van der Waals surface area contributed by atoms with E-state index in [1.165, 1.54) is 6.07 Å². The molecule has 126 valence electrons. The van der Waals surface area contributed by atoms with Crippen molar-refractivity contribution in [2.75, 3.05) is 0 Å². The minimum absolute atomic E-state index is 0.0346. The molecule has 0 unspecified atom stereocenters. The summed E-state index contributed by atoms with van der Waals surface area (Å²) in [7, 11) is 0. The zero-order valence-corrected chi connectivity index (χ0v) is 13.6. The second-order valence-corrected chi connectivity index (χ2v) is 5.44. The number of nitrogens with one attached hydrogen (secondary N) is 1. The maximum absolute atomic E-state index is 12.2. The van der Waals surface area contributed by atoms with Crippen LogP contribution in [0.25, 0.3) is 0 Å². The molecule has 0 aliphatic carbocycles. The van der Waals surface area contributed by atoms with E-state index in [0.29, 0.717) is 11.6 Å². The summed E-state index contributed by atoms with van der Waals surface area (Å²) in [4.78, 5) is 30.4. The van der Waals surface area contributed by atoms with Crippen molar-refractivity contribution in [3.63, 3.8) is 0 Å². The molecule has 1 amide bonds. The van der Waals surface area contributed by atoms with Gasteiger partial charge in [-0.15, -0.1) is 0 Å². The van der Waals surface area contributed by atoms with Crippen LogP contribution < -0.4 is 10.1 Å². The van der Waals surface area contributed by atoms with Gasteiger partial charge in [0, 0.05) is 24.9 Å². The number of amides is 1. The molecule has 24 heavy (non-hydrogen) atoms. The van der Waals surface area contributed by atoms with Gasteiger partial charge in [0.15, 0.2) is 0 Å². The maximum atomic E-state index is 12.2. The highest BCUT2D eigenvalue weighted by Crippen LogP contribution is 2.15. The summed E-state index contributed by atoms with van der Waals surface area (Å²) in [5, 5.41) is 13.5. The van der Waals surface area contributed by atoms with Crippen LogP contribution in [0.4, 0.5) is 5.69 Å². The molecule has 0 aliphatic rings. The third kappa shape index (κ3) is 4.48. The molecule has 2 rings (SSSR count). The number of pyridine rings is 2. The summed E-state index contributed by atoms with van der Waals surface area (Å²) in [6.07, 6.45) is 2.77. The lowest BCUT2D eigenvalue weighted by atomic mass is 10.1. The van der Waals surface area contributed by atoms with Crippen LogP contribution in [0.1, 0.15) is 35.5 Å². The molecule has 0 bridgehead atoms. The Hall–Kier alpha value is -3.03. The number of rotatable bonds is 6. The summed E-state index contributed by atoms with van der Waals surface area (Å²) in [6, 6.07) is 4.74. The molecular formula is C16H18N4O4. The van der Waals surface area contributed by atoms with Gasteiger partial charge in [-0.05, 0) is 26.3 Å². The van der Waals surface area contributed by atoms with Crippen molar-refractivity contribution in [3.8, 4) is 5.88 Å². The zero-order valence-electron chi connectivity index (χ0n) is 13.6. The molecule has 0 saturated carbocycles. The number of hydrogen-bond acceptors (Lipinski definition) is 6. The molecule has 0 saturated heterocycles. The lowest BCUT2D eigenvalue weighted by Crippen LogP contribution is -2.24. The summed E-state index contributed by atoms with van der Waals surface area (Å²) < 4.78 is 5.44. The fraction of sp³-hybridized carbons (Fsp3) is 0.312. The van der Waals surface area contributed by atoms with Gasteiger partial charge in [-0.3, -0.25) is 19.9 Å². The lowest BCUT2D eigenvalue weighted by molar-refractivity contribution is -0.385. The normalized spacial score (nSPS) is 10.5. The van der Waals surface area contributed by atoms with Crippen LogP contribution in [0.3, 0.4) is 0 Å². The van der Waals surface area contributed by atoms with E-state index in [-0.39, 0.29) is 23.9 Å². The molecule has 0 radical (unpaired) electrons. The maximum Gasteiger partial charge on any atom is 0.288 e. The number of aryl methyl sites for hydroxylation is 1. The van der Waals surface area contributed by atoms with Gasteiger partial charge in [0.1, 0.15) is 6.20 Å². The average Bonchev–Trinajstić information content (AvgIpc) is 2.53. The molecule has 8 heteroatoms. The van der Waals surface area contributed by atoms with Crippen LogP contribution in [0.15, 0.2) is 30.6 Å². The largest absolute Gasteiger partial charge is 0.475 e. The van der Waals surface area contributed by atoms with Crippen molar-refractivity contribution < 1.29 is 14.5 Å². The molecule has 2 aromatic rings. The molecule has 0 aromatic carbocycles. The molecular weight excluding hydrogens is 312 g/mol. The SMILES string of the molecule is Cc1ncc([N+](=O)[O-])cc1C(=O)NCc1ccc(OC(C)C)nc1. The summed E-state index contributed by atoms with van der Waals surface area (Å²) in [5.74, 6) is 0.0880. The Bertz CT molecular complexity index is 744. The predicted molar refractivity (Wildman–Crippen MR) is 86.8 cm³/mol. The molecule has 0 spiro atoms. The van der Waals surface area contributed by atoms with Crippen LogP contribution >= 0.6 is 0 Å². The Morgan fingerprint density at radius 1 is 1.33 bits per heavy atom. The molecule has 2 heterocycles. The quantitative estimate of drug-likeness (QED) is 0.644. The molecule has 0 fully saturated rings. The van der Waals surface area contributed by atoms with Crippen LogP contribution in [-0.2, 0) is 6.54 Å². The highest BCUT2D eigenvalue weighted by Gasteiger charge is 2.15. The van der Waals surface area contributed by atoms with Gasteiger partial charge in [0.05, 0.1) is 22.3 Å². The van der Waals surface area contributed by atoms with Gasteiger partial charge in [-0.25, -0.2) is 4.98 Å². The van der Waals surface area contributed by atoms with Crippen LogP contribution in [0.2, 0.25) is 0 Å². The van der Waals surface area contributed by atoms with Crippen molar-refractivity contribution >= 4 is 11.6 Å². The highest BCUT2D eigenvalue weighted by atomic mass is 16.6. The monoisotopic (exact) mass is 330 g/mol. The van der Waals surface area contributed by atoms with Crippen molar-refractivity contribution in [3.05, 3.63) is 57.5 Å². The fourth-order valence-electron chi connectivity index (χ4n) is 1.96. The molecule has 0 atom stereocenters. The van der Waals surface area contributed by atoms with Gasteiger partial charge < -0.3 is 10.1 Å². The zero-order chi connectivity index (χ0) is 17.7. The predicted octanol–water partition coefficient (Wildman–Crippen LogP) is 2.41. The van der Waals surface area contributed by atoms with Crippen molar-refractivity contribution in [1.29, 1.82) is 0 Å². The molecule has 1 N–H and O–H groups in total. The Balaban J connectivity index is 2.03. The second kappa shape index (κ2) is 7.49. The van der Waals surface area contributed by atoms with E-state index in [1.807, 2.05) is 13.8 Å². The number of nitro groups is 1. The topological polar surface area (TPSA) is 107 Å². The van der Waals surface area contributed by atoms with E-state index >= 15 is 0 Å². The van der Waals surface area contributed by atoms with E-state index in [9.17, 15) is 14.9 Å². The second-order valence-electron chi connectivity index (χ2n) is 5.44. The Labute approximate surface area is 139 Å². The third-order valence-electron chi connectivity index (χ3n) is 3.14. The minimum atomic E-state index is -0.583. The third-order valence-corrected chi connectivity index (χ3v) is 3.14. The fourth-order valence-corrected chi connectivity index (χ4v) is 1.96.